The normalized spacial score (nSPS) is 13.4. The van der Waals surface area contributed by atoms with Crippen LogP contribution in [0.4, 0.5) is 18.9 Å². The highest BCUT2D eigenvalue weighted by Crippen LogP contribution is 2.29. The number of hydrogen-bond acceptors (Lipinski definition) is 6. The van der Waals surface area contributed by atoms with Crippen LogP contribution < -0.4 is 27.0 Å². The van der Waals surface area contributed by atoms with Gasteiger partial charge in [-0.25, -0.2) is 0 Å². The van der Waals surface area contributed by atoms with Crippen LogP contribution >= 0.6 is 0 Å². The molecule has 45 heavy (non-hydrogen) atoms. The number of ketones is 1. The van der Waals surface area contributed by atoms with Gasteiger partial charge in [0.15, 0.2) is 5.78 Å². The van der Waals surface area contributed by atoms with Crippen LogP contribution in [-0.4, -0.2) is 62.0 Å². The molecule has 3 aromatic carbocycles. The van der Waals surface area contributed by atoms with Gasteiger partial charge in [0, 0.05) is 31.1 Å². The number of carbonyl (C=O) groups is 2. The predicted octanol–water partition coefficient (Wildman–Crippen LogP) is 3.52. The second-order valence-electron chi connectivity index (χ2n) is 11.5. The van der Waals surface area contributed by atoms with Crippen LogP contribution in [-0.2, 0) is 35.0 Å². The van der Waals surface area contributed by atoms with Crippen LogP contribution in [0.15, 0.2) is 85.1 Å². The third-order valence-corrected chi connectivity index (χ3v) is 8.05. The van der Waals surface area contributed by atoms with E-state index in [1.807, 2.05) is 54.6 Å². The maximum absolute atomic E-state index is 13.6. The Morgan fingerprint density at radius 1 is 0.867 bits per heavy atom. The Kier molecular flexibility index (Phi) is 11.1. The quantitative estimate of drug-likeness (QED) is 0.159. The summed E-state index contributed by atoms with van der Waals surface area (Å²) in [6, 6.07) is 19.7. The van der Waals surface area contributed by atoms with Gasteiger partial charge in [0.25, 0.3) is 0 Å². The number of para-hydroxylation sites is 1. The number of pyridine rings is 1. The molecule has 0 radical (unpaired) electrons. The Hall–Kier alpha value is -4.16. The zero-order valence-electron chi connectivity index (χ0n) is 25.3. The standard InChI is InChI=1S/C34H39F3N6O2/c1-43(16-14-38,17-15-39)28-12-8-23(9-13-28)19-29(40)33(45)42-31(20-24-6-10-27(11-7-24)34(35,36)37)32(44)21-25-18-26-4-2-3-5-30(26)41-22-25/h2-13,18,22,29,31H,14-17,19-21,38-40H2,1H3/p+1/t29-,31-/m0/s1. The predicted molar refractivity (Wildman–Crippen MR) is 171 cm³/mol. The van der Waals surface area contributed by atoms with Gasteiger partial charge in [0.2, 0.25) is 5.91 Å². The van der Waals surface area contributed by atoms with E-state index in [0.717, 1.165) is 47.4 Å². The molecule has 0 fully saturated rings. The first-order valence-electron chi connectivity index (χ1n) is 14.8. The molecule has 238 valence electrons. The lowest BCUT2D eigenvalue weighted by Crippen LogP contribution is -2.51. The van der Waals surface area contributed by atoms with E-state index in [-0.39, 0.29) is 25.0 Å². The Balaban J connectivity index is 1.49. The molecule has 0 spiro atoms. The first-order valence-corrected chi connectivity index (χ1v) is 14.8. The van der Waals surface area contributed by atoms with Crippen LogP contribution in [0.25, 0.3) is 10.9 Å². The summed E-state index contributed by atoms with van der Waals surface area (Å²) < 4.78 is 39.9. The van der Waals surface area contributed by atoms with Crippen molar-refractivity contribution in [1.82, 2.24) is 14.8 Å². The minimum absolute atomic E-state index is 0.00389. The molecule has 4 rings (SSSR count). The minimum Gasteiger partial charge on any atom is -0.345 e. The summed E-state index contributed by atoms with van der Waals surface area (Å²) in [4.78, 5) is 31.2. The van der Waals surface area contributed by atoms with E-state index < -0.39 is 29.7 Å². The third-order valence-electron chi connectivity index (χ3n) is 8.05. The number of hydrogen-bond donors (Lipinski definition) is 4. The van der Waals surface area contributed by atoms with Crippen LogP contribution in [0.2, 0.25) is 0 Å². The summed E-state index contributed by atoms with van der Waals surface area (Å²) >= 11 is 0. The van der Waals surface area contributed by atoms with E-state index in [0.29, 0.717) is 28.7 Å². The van der Waals surface area contributed by atoms with E-state index in [4.69, 9.17) is 17.2 Å². The number of amides is 1. The first kappa shape index (κ1) is 33.7. The van der Waals surface area contributed by atoms with Gasteiger partial charge < -0.3 is 22.5 Å². The number of carbonyl (C=O) groups excluding carboxylic acids is 2. The number of nitrogens with zero attached hydrogens (tertiary/aromatic N) is 2. The Labute approximate surface area is 261 Å². The van der Waals surface area contributed by atoms with Crippen molar-refractivity contribution in [2.24, 2.45) is 17.2 Å². The van der Waals surface area contributed by atoms with Crippen molar-refractivity contribution in [3.8, 4) is 0 Å². The largest absolute Gasteiger partial charge is 0.416 e. The molecule has 0 saturated carbocycles. The van der Waals surface area contributed by atoms with Crippen molar-refractivity contribution >= 4 is 28.3 Å². The Bertz CT molecular complexity index is 1590. The molecule has 8 nitrogen and oxygen atoms in total. The summed E-state index contributed by atoms with van der Waals surface area (Å²) in [5, 5.41) is 3.63. The Morgan fingerprint density at radius 2 is 1.47 bits per heavy atom. The third kappa shape index (κ3) is 8.95. The van der Waals surface area contributed by atoms with Crippen molar-refractivity contribution in [2.75, 3.05) is 33.2 Å². The summed E-state index contributed by atoms with van der Waals surface area (Å²) in [7, 11) is 2.07. The second-order valence-corrected chi connectivity index (χ2v) is 11.5. The van der Waals surface area contributed by atoms with Gasteiger partial charge in [0.05, 0.1) is 43.3 Å². The van der Waals surface area contributed by atoms with Gasteiger partial charge in [-0.1, -0.05) is 42.5 Å². The van der Waals surface area contributed by atoms with Gasteiger partial charge >= 0.3 is 6.18 Å². The summed E-state index contributed by atoms with van der Waals surface area (Å²) in [6.45, 7) is 2.46. The number of likely N-dealkylation sites (N-methyl/N-ethyl adjacent to an activating group) is 1. The number of nitrogens with one attached hydrogen (secondary N) is 1. The highest BCUT2D eigenvalue weighted by atomic mass is 19.4. The molecular formula is C34H40F3N6O2+. The van der Waals surface area contributed by atoms with Gasteiger partial charge in [-0.05, 0) is 65.9 Å². The van der Waals surface area contributed by atoms with Gasteiger partial charge in [0.1, 0.15) is 5.69 Å². The van der Waals surface area contributed by atoms with Gasteiger partial charge in [-0.3, -0.25) is 19.1 Å². The monoisotopic (exact) mass is 621 g/mol. The molecule has 0 bridgehead atoms. The van der Waals surface area contributed by atoms with E-state index >= 15 is 0 Å². The van der Waals surface area contributed by atoms with Crippen LogP contribution in [0.1, 0.15) is 22.3 Å². The van der Waals surface area contributed by atoms with Crippen molar-refractivity contribution < 1.29 is 22.8 Å². The summed E-state index contributed by atoms with van der Waals surface area (Å²) in [5.41, 5.74) is 20.9. The molecule has 0 saturated heterocycles. The first-order chi connectivity index (χ1) is 21.4. The molecule has 0 aliphatic heterocycles. The zero-order valence-corrected chi connectivity index (χ0v) is 25.3. The maximum Gasteiger partial charge on any atom is 0.416 e. The summed E-state index contributed by atoms with van der Waals surface area (Å²) in [6.07, 6.45) is -2.67. The van der Waals surface area contributed by atoms with Crippen molar-refractivity contribution in [3.63, 3.8) is 0 Å². The molecule has 0 unspecified atom stereocenters. The number of fused-ring (bicyclic) bond motifs is 1. The van der Waals surface area contributed by atoms with E-state index in [2.05, 4.69) is 17.3 Å². The fraction of sp³-hybridized carbons (Fsp3) is 0.324. The fourth-order valence-corrected chi connectivity index (χ4v) is 5.41. The SMILES string of the molecule is C[N+](CCN)(CCN)c1ccc(C[C@H](N)C(=O)N[C@@H](Cc2ccc(C(F)(F)F)cc2)C(=O)Cc2cnc3ccccc3c2)cc1. The zero-order chi connectivity index (χ0) is 32.6. The minimum atomic E-state index is -4.48. The molecular weight excluding hydrogens is 581 g/mol. The van der Waals surface area contributed by atoms with Crippen molar-refractivity contribution in [1.29, 1.82) is 0 Å². The second kappa shape index (κ2) is 14.7. The van der Waals surface area contributed by atoms with E-state index in [1.165, 1.54) is 12.1 Å². The van der Waals surface area contributed by atoms with Crippen LogP contribution in [0.3, 0.4) is 0 Å². The van der Waals surface area contributed by atoms with E-state index in [9.17, 15) is 22.8 Å². The number of Topliss-reactive ketones (excluding diaryl/α,β-unsaturated/α-hetero) is 1. The number of nitrogens with two attached hydrogens (primary N) is 3. The topological polar surface area (TPSA) is 137 Å². The molecule has 2 atom stereocenters. The number of halogens is 3. The molecule has 4 aromatic rings. The molecule has 0 aliphatic carbocycles. The number of quaternary nitrogens is 1. The lowest BCUT2D eigenvalue weighted by Gasteiger charge is -2.33. The van der Waals surface area contributed by atoms with Crippen molar-refractivity contribution in [3.05, 3.63) is 107 Å². The lowest BCUT2D eigenvalue weighted by atomic mass is 9.96. The smallest absolute Gasteiger partial charge is 0.345 e. The maximum atomic E-state index is 13.6. The number of aromatic nitrogens is 1. The van der Waals surface area contributed by atoms with Crippen LogP contribution in [0, 0.1) is 0 Å². The van der Waals surface area contributed by atoms with E-state index in [1.54, 1.807) is 6.20 Å². The molecule has 0 aliphatic rings. The molecule has 7 N–H and O–H groups in total. The number of rotatable bonds is 14. The number of alkyl halides is 3. The van der Waals surface area contributed by atoms with Crippen molar-refractivity contribution in [2.45, 2.75) is 37.5 Å². The molecule has 1 amide bonds. The Morgan fingerprint density at radius 3 is 2.09 bits per heavy atom. The van der Waals surface area contributed by atoms with Crippen LogP contribution in [0.5, 0.6) is 0 Å². The highest BCUT2D eigenvalue weighted by molar-refractivity contribution is 5.92. The molecule has 11 heteroatoms. The van der Waals surface area contributed by atoms with Gasteiger partial charge in [-0.15, -0.1) is 0 Å². The summed E-state index contributed by atoms with van der Waals surface area (Å²) in [5.74, 6) is -0.846. The van der Waals surface area contributed by atoms with Gasteiger partial charge in [-0.2, -0.15) is 13.2 Å². The molecule has 1 heterocycles. The molecule has 1 aromatic heterocycles. The average molecular weight is 622 g/mol. The number of benzene rings is 3. The fourth-order valence-electron chi connectivity index (χ4n) is 5.41. The average Bonchev–Trinajstić information content (AvgIpc) is 3.01. The lowest BCUT2D eigenvalue weighted by molar-refractivity contribution is -0.137. The highest BCUT2D eigenvalue weighted by Gasteiger charge is 2.31.